The van der Waals surface area contributed by atoms with E-state index in [1.165, 1.54) is 0 Å². The molecule has 0 aromatic heterocycles. The van der Waals surface area contributed by atoms with E-state index < -0.39 is 18.1 Å². The summed E-state index contributed by atoms with van der Waals surface area (Å²) in [6.07, 6.45) is 27.5. The molecule has 8 heteroatoms. The number of likely N-dealkylation sites (N-methyl/N-ethyl adjacent to an activating group) is 1. The van der Waals surface area contributed by atoms with Gasteiger partial charge in [0.05, 0.1) is 34.4 Å². The molecule has 0 spiro atoms. The predicted octanol–water partition coefficient (Wildman–Crippen LogP) is 6.73. The van der Waals surface area contributed by atoms with Gasteiger partial charge in [-0.15, -0.1) is 0 Å². The number of carbonyl (C=O) groups is 3. The van der Waals surface area contributed by atoms with Crippen LogP contribution in [0.25, 0.3) is 0 Å². The molecule has 8 nitrogen and oxygen atoms in total. The first-order valence-corrected chi connectivity index (χ1v) is 15.3. The Kier molecular flexibility index (Phi) is 23.9. The average Bonchev–Trinajstić information content (AvgIpc) is 2.92. The van der Waals surface area contributed by atoms with E-state index in [1.54, 1.807) is 0 Å². The second-order valence-corrected chi connectivity index (χ2v) is 10.9. The second-order valence-electron chi connectivity index (χ2n) is 10.9. The summed E-state index contributed by atoms with van der Waals surface area (Å²) in [6, 6.07) is -0.629. The van der Waals surface area contributed by atoms with Crippen LogP contribution >= 0.6 is 0 Å². The van der Waals surface area contributed by atoms with Crippen molar-refractivity contribution in [2.75, 3.05) is 41.0 Å². The Bertz CT molecular complexity index is 881. The molecular formula is C34H56NO7+. The Morgan fingerprint density at radius 1 is 0.714 bits per heavy atom. The van der Waals surface area contributed by atoms with E-state index in [-0.39, 0.29) is 49.1 Å². The Balaban J connectivity index is 4.69. The third-order valence-electron chi connectivity index (χ3n) is 6.18. The lowest BCUT2D eigenvalue weighted by Gasteiger charge is -2.31. The van der Waals surface area contributed by atoms with E-state index in [4.69, 9.17) is 14.2 Å². The molecule has 42 heavy (non-hydrogen) atoms. The topological polar surface area (TPSA) is 99.1 Å². The fourth-order valence-corrected chi connectivity index (χ4v) is 3.82. The van der Waals surface area contributed by atoms with Gasteiger partial charge in [-0.2, -0.15) is 0 Å². The highest BCUT2D eigenvalue weighted by molar-refractivity contribution is 5.72. The minimum Gasteiger partial charge on any atom is -0.477 e. The third-order valence-corrected chi connectivity index (χ3v) is 6.18. The number of hydrogen-bond donors (Lipinski definition) is 1. The fraction of sp³-hybridized carbons (Fsp3) is 0.618. The first kappa shape index (κ1) is 39.0. The maximum Gasteiger partial charge on any atom is 0.362 e. The molecule has 0 aliphatic heterocycles. The van der Waals surface area contributed by atoms with E-state index in [0.29, 0.717) is 19.3 Å². The highest BCUT2D eigenvalue weighted by Gasteiger charge is 2.31. The number of carboxylic acids is 1. The van der Waals surface area contributed by atoms with Crippen molar-refractivity contribution in [3.05, 3.63) is 60.8 Å². The van der Waals surface area contributed by atoms with Crippen LogP contribution in [0.4, 0.5) is 0 Å². The molecule has 0 bridgehead atoms. The quantitative estimate of drug-likeness (QED) is 0.0545. The Labute approximate surface area is 254 Å². The van der Waals surface area contributed by atoms with Gasteiger partial charge in [-0.1, -0.05) is 74.6 Å². The molecule has 2 unspecified atom stereocenters. The number of aliphatic carboxylic acids is 1. The van der Waals surface area contributed by atoms with Gasteiger partial charge in [0.1, 0.15) is 6.61 Å². The van der Waals surface area contributed by atoms with Gasteiger partial charge in [-0.05, 0) is 51.4 Å². The lowest BCUT2D eigenvalue weighted by molar-refractivity contribution is -0.887. The summed E-state index contributed by atoms with van der Waals surface area (Å²) in [5.74, 6) is -1.65. The number of rotatable bonds is 25. The van der Waals surface area contributed by atoms with Crippen LogP contribution in [0.15, 0.2) is 60.8 Å². The fourth-order valence-electron chi connectivity index (χ4n) is 3.82. The van der Waals surface area contributed by atoms with E-state index in [1.807, 2.05) is 33.3 Å². The Hall–Kier alpha value is -2.97. The minimum absolute atomic E-state index is 0.0197. The van der Waals surface area contributed by atoms with E-state index >= 15 is 0 Å². The molecule has 0 saturated carbocycles. The number of carbonyl (C=O) groups excluding carboxylic acids is 2. The molecule has 0 aliphatic carbocycles. The number of hydrogen-bond acceptors (Lipinski definition) is 6. The molecule has 0 rings (SSSR count). The molecule has 0 amide bonds. The van der Waals surface area contributed by atoms with Gasteiger partial charge in [0.15, 0.2) is 12.1 Å². The van der Waals surface area contributed by atoms with Gasteiger partial charge in [-0.3, -0.25) is 9.59 Å². The van der Waals surface area contributed by atoms with Crippen LogP contribution in [-0.2, 0) is 28.6 Å². The van der Waals surface area contributed by atoms with Gasteiger partial charge in [-0.25, -0.2) is 4.79 Å². The minimum atomic E-state index is -0.896. The highest BCUT2D eigenvalue weighted by atomic mass is 16.6. The van der Waals surface area contributed by atoms with E-state index in [9.17, 15) is 19.5 Å². The van der Waals surface area contributed by atoms with Crippen molar-refractivity contribution in [2.45, 2.75) is 96.6 Å². The van der Waals surface area contributed by atoms with Crippen molar-refractivity contribution in [3.8, 4) is 0 Å². The molecule has 0 fully saturated rings. The summed E-state index contributed by atoms with van der Waals surface area (Å²) < 4.78 is 16.9. The number of unbranched alkanes of at least 4 members (excludes halogenated alkanes) is 1. The molecular weight excluding hydrogens is 534 g/mol. The monoisotopic (exact) mass is 590 g/mol. The molecule has 0 saturated heterocycles. The molecule has 0 aromatic rings. The van der Waals surface area contributed by atoms with Gasteiger partial charge < -0.3 is 23.8 Å². The predicted molar refractivity (Wildman–Crippen MR) is 169 cm³/mol. The molecule has 0 aromatic carbocycles. The van der Waals surface area contributed by atoms with Gasteiger partial charge in [0, 0.05) is 19.3 Å². The van der Waals surface area contributed by atoms with Crippen LogP contribution in [0, 0.1) is 0 Å². The number of ether oxygens (including phenoxy) is 3. The number of carboxylic acid groups (broad SMARTS) is 1. The zero-order valence-corrected chi connectivity index (χ0v) is 26.7. The lowest BCUT2D eigenvalue weighted by Crippen LogP contribution is -2.50. The number of nitrogens with zero attached hydrogens (tertiary/aromatic N) is 1. The number of allylic oxidation sites excluding steroid dienone is 10. The summed E-state index contributed by atoms with van der Waals surface area (Å²) in [5.41, 5.74) is 0. The molecule has 1 N–H and O–H groups in total. The van der Waals surface area contributed by atoms with Crippen LogP contribution in [0.3, 0.4) is 0 Å². The first-order valence-electron chi connectivity index (χ1n) is 15.3. The van der Waals surface area contributed by atoms with Crippen molar-refractivity contribution < 1.29 is 38.2 Å². The summed E-state index contributed by atoms with van der Waals surface area (Å²) in [6.45, 7) is 4.29. The summed E-state index contributed by atoms with van der Waals surface area (Å²) in [7, 11) is 5.45. The molecule has 2 atom stereocenters. The Morgan fingerprint density at radius 3 is 1.81 bits per heavy atom. The molecule has 0 heterocycles. The smallest absolute Gasteiger partial charge is 0.362 e. The van der Waals surface area contributed by atoms with E-state index in [0.717, 1.165) is 38.5 Å². The summed E-state index contributed by atoms with van der Waals surface area (Å²) in [4.78, 5) is 36.3. The van der Waals surface area contributed by atoms with Gasteiger partial charge in [0.25, 0.3) is 0 Å². The van der Waals surface area contributed by atoms with Gasteiger partial charge in [0.2, 0.25) is 0 Å². The van der Waals surface area contributed by atoms with Crippen molar-refractivity contribution in [1.82, 2.24) is 0 Å². The summed E-state index contributed by atoms with van der Waals surface area (Å²) >= 11 is 0. The SMILES string of the molecule is CC/C=C/C/C=C/C/C=C/CCCC(=O)OC(COCCC(C(=O)O)[N+](C)(C)C)COC(=O)CC/C=C/C/C=C/CC. The molecule has 0 aliphatic rings. The lowest BCUT2D eigenvalue weighted by atomic mass is 10.1. The maximum atomic E-state index is 12.5. The zero-order chi connectivity index (χ0) is 31.5. The average molecular weight is 591 g/mol. The standard InChI is InChI=1S/C34H55NO7/c1-6-8-10-12-14-15-16-17-19-21-23-25-33(37)42-30(28-40-27-26-31(34(38)39)35(3,4)5)29-41-32(36)24-22-20-18-13-11-9-7-2/h8-11,14-15,17-20,30-31H,6-7,12-13,16,21-29H2,1-5H3/p+1/b10-8+,11-9+,15-14+,19-17+,20-18+. The maximum absolute atomic E-state index is 12.5. The normalized spacial score (nSPS) is 14.0. The summed E-state index contributed by atoms with van der Waals surface area (Å²) in [5, 5.41) is 9.51. The first-order chi connectivity index (χ1) is 20.1. The van der Waals surface area contributed by atoms with Crippen molar-refractivity contribution in [2.24, 2.45) is 0 Å². The van der Waals surface area contributed by atoms with Gasteiger partial charge >= 0.3 is 17.9 Å². The van der Waals surface area contributed by atoms with E-state index in [2.05, 4.69) is 62.5 Å². The molecule has 0 radical (unpaired) electrons. The number of quaternary nitrogens is 1. The zero-order valence-electron chi connectivity index (χ0n) is 26.7. The van der Waals surface area contributed by atoms with Crippen molar-refractivity contribution >= 4 is 17.9 Å². The van der Waals surface area contributed by atoms with Crippen LogP contribution in [0.1, 0.15) is 84.5 Å². The van der Waals surface area contributed by atoms with Crippen molar-refractivity contribution in [1.29, 1.82) is 0 Å². The molecule has 238 valence electrons. The Morgan fingerprint density at radius 2 is 1.26 bits per heavy atom. The van der Waals surface area contributed by atoms with Crippen LogP contribution in [0.2, 0.25) is 0 Å². The second kappa shape index (κ2) is 25.7. The largest absolute Gasteiger partial charge is 0.477 e. The van der Waals surface area contributed by atoms with Crippen molar-refractivity contribution in [3.63, 3.8) is 0 Å². The van der Waals surface area contributed by atoms with Crippen LogP contribution in [0.5, 0.6) is 0 Å². The van der Waals surface area contributed by atoms with Crippen LogP contribution < -0.4 is 0 Å². The number of esters is 2. The third kappa shape index (κ3) is 23.7. The van der Waals surface area contributed by atoms with Crippen LogP contribution in [-0.4, -0.2) is 80.6 Å². The highest BCUT2D eigenvalue weighted by Crippen LogP contribution is 2.10.